The van der Waals surface area contributed by atoms with Crippen molar-refractivity contribution >= 4 is 54.4 Å². The normalized spacial score (nSPS) is 11.6. The molecule has 0 unspecified atom stereocenters. The molecule has 0 bridgehead atoms. The zero-order chi connectivity index (χ0) is 36.3. The number of hydrogen-bond acceptors (Lipinski definition) is 3. The van der Waals surface area contributed by atoms with Crippen molar-refractivity contribution in [1.82, 2.24) is 9.97 Å². The van der Waals surface area contributed by atoms with Gasteiger partial charge >= 0.3 is 0 Å². The Bertz CT molecular complexity index is 3200. The molecule has 11 rings (SSSR count). The van der Waals surface area contributed by atoms with E-state index in [9.17, 15) is 0 Å². The number of furan rings is 1. The van der Waals surface area contributed by atoms with E-state index in [4.69, 9.17) is 14.4 Å². The highest BCUT2D eigenvalue weighted by Crippen LogP contribution is 2.40. The summed E-state index contributed by atoms with van der Waals surface area (Å²) >= 11 is 0. The van der Waals surface area contributed by atoms with Crippen molar-refractivity contribution in [2.24, 2.45) is 0 Å². The molecule has 0 amide bonds. The van der Waals surface area contributed by atoms with E-state index < -0.39 is 0 Å². The van der Waals surface area contributed by atoms with E-state index in [1.807, 2.05) is 24.3 Å². The summed E-state index contributed by atoms with van der Waals surface area (Å²) < 4.78 is 6.57. The van der Waals surface area contributed by atoms with Gasteiger partial charge in [0.25, 0.3) is 0 Å². The molecule has 0 aliphatic carbocycles. The van der Waals surface area contributed by atoms with E-state index in [-0.39, 0.29) is 0 Å². The number of rotatable bonds is 5. The highest BCUT2D eigenvalue weighted by Gasteiger charge is 2.19. The van der Waals surface area contributed by atoms with Crippen LogP contribution in [0.15, 0.2) is 199 Å². The van der Waals surface area contributed by atoms with Crippen LogP contribution < -0.4 is 0 Å². The van der Waals surface area contributed by atoms with Crippen LogP contribution in [-0.2, 0) is 0 Å². The molecule has 0 radical (unpaired) electrons. The largest absolute Gasteiger partial charge is 0.452 e. The molecule has 0 aliphatic heterocycles. The van der Waals surface area contributed by atoms with Crippen LogP contribution in [0.3, 0.4) is 0 Å². The maximum absolute atomic E-state index is 6.57. The SMILES string of the molecule is c1ccc(-c2ccc(-c3nc(-c4ccccc4)c4oc5ccc(-c6cccc(-c7ccc8c9ccccc9c9ccccc9c8c7)c6)cc5c4n3)cc2)cc1. The molecule has 0 N–H and O–H groups in total. The smallest absolute Gasteiger partial charge is 0.180 e. The van der Waals surface area contributed by atoms with E-state index in [1.54, 1.807) is 0 Å². The van der Waals surface area contributed by atoms with Crippen LogP contribution in [0.1, 0.15) is 0 Å². The lowest BCUT2D eigenvalue weighted by atomic mass is 9.91. The van der Waals surface area contributed by atoms with Gasteiger partial charge in [-0.1, -0.05) is 170 Å². The Kier molecular flexibility index (Phi) is 7.17. The first-order chi connectivity index (χ1) is 27.2. The van der Waals surface area contributed by atoms with E-state index in [0.717, 1.165) is 50.0 Å². The first-order valence-electron chi connectivity index (χ1n) is 18.6. The minimum absolute atomic E-state index is 0.665. The molecule has 0 saturated carbocycles. The average molecular weight is 701 g/mol. The average Bonchev–Trinajstić information content (AvgIpc) is 3.65. The van der Waals surface area contributed by atoms with E-state index in [2.05, 4.69) is 170 Å². The van der Waals surface area contributed by atoms with Gasteiger partial charge in [-0.2, -0.15) is 0 Å². The minimum Gasteiger partial charge on any atom is -0.452 e. The van der Waals surface area contributed by atoms with Crippen LogP contribution in [0, 0.1) is 0 Å². The van der Waals surface area contributed by atoms with Gasteiger partial charge in [0, 0.05) is 16.5 Å². The lowest BCUT2D eigenvalue weighted by molar-refractivity contribution is 0.667. The van der Waals surface area contributed by atoms with Gasteiger partial charge < -0.3 is 4.42 Å². The minimum atomic E-state index is 0.665. The lowest BCUT2D eigenvalue weighted by Gasteiger charge is -2.12. The summed E-state index contributed by atoms with van der Waals surface area (Å²) in [6, 6.07) is 68.7. The summed E-state index contributed by atoms with van der Waals surface area (Å²) in [4.78, 5) is 10.3. The third kappa shape index (κ3) is 5.28. The van der Waals surface area contributed by atoms with Crippen LogP contribution in [-0.4, -0.2) is 9.97 Å². The third-order valence-electron chi connectivity index (χ3n) is 10.9. The molecule has 0 fully saturated rings. The fourth-order valence-electron chi connectivity index (χ4n) is 8.15. The van der Waals surface area contributed by atoms with E-state index in [0.29, 0.717) is 11.4 Å². The zero-order valence-corrected chi connectivity index (χ0v) is 29.8. The van der Waals surface area contributed by atoms with Gasteiger partial charge in [-0.3, -0.25) is 0 Å². The molecule has 3 nitrogen and oxygen atoms in total. The Labute approximate surface area is 317 Å². The molecular formula is C52H32N2O. The molecule has 55 heavy (non-hydrogen) atoms. The predicted molar refractivity (Wildman–Crippen MR) is 229 cm³/mol. The monoisotopic (exact) mass is 700 g/mol. The maximum Gasteiger partial charge on any atom is 0.180 e. The second-order valence-corrected chi connectivity index (χ2v) is 14.1. The van der Waals surface area contributed by atoms with Crippen LogP contribution in [0.2, 0.25) is 0 Å². The number of benzene rings is 9. The summed E-state index contributed by atoms with van der Waals surface area (Å²) in [5, 5.41) is 8.63. The number of nitrogens with zero attached hydrogens (tertiary/aromatic N) is 2. The summed E-state index contributed by atoms with van der Waals surface area (Å²) in [5.41, 5.74) is 11.9. The molecule has 3 heteroatoms. The van der Waals surface area contributed by atoms with E-state index in [1.165, 1.54) is 49.0 Å². The van der Waals surface area contributed by atoms with Gasteiger partial charge in [-0.25, -0.2) is 9.97 Å². The van der Waals surface area contributed by atoms with Crippen molar-refractivity contribution < 1.29 is 4.42 Å². The van der Waals surface area contributed by atoms with Gasteiger partial charge in [-0.15, -0.1) is 0 Å². The maximum atomic E-state index is 6.57. The summed E-state index contributed by atoms with van der Waals surface area (Å²) in [7, 11) is 0. The summed E-state index contributed by atoms with van der Waals surface area (Å²) in [6.45, 7) is 0. The Hall–Kier alpha value is -7.36. The molecule has 11 aromatic rings. The Morgan fingerprint density at radius 2 is 0.745 bits per heavy atom. The first kappa shape index (κ1) is 31.2. The summed E-state index contributed by atoms with van der Waals surface area (Å²) in [6.07, 6.45) is 0. The highest BCUT2D eigenvalue weighted by molar-refractivity contribution is 6.25. The molecule has 256 valence electrons. The van der Waals surface area contributed by atoms with Crippen molar-refractivity contribution in [2.75, 3.05) is 0 Å². The molecule has 0 saturated heterocycles. The molecule has 0 spiro atoms. The van der Waals surface area contributed by atoms with Crippen LogP contribution >= 0.6 is 0 Å². The van der Waals surface area contributed by atoms with Crippen molar-refractivity contribution in [2.45, 2.75) is 0 Å². The fraction of sp³-hybridized carbons (Fsp3) is 0. The van der Waals surface area contributed by atoms with E-state index >= 15 is 0 Å². The molecule has 9 aromatic carbocycles. The quantitative estimate of drug-likeness (QED) is 0.168. The van der Waals surface area contributed by atoms with Gasteiger partial charge in [0.1, 0.15) is 16.8 Å². The molecule has 2 aromatic heterocycles. The predicted octanol–water partition coefficient (Wildman–Crippen LogP) is 14.2. The summed E-state index contributed by atoms with van der Waals surface area (Å²) in [5.74, 6) is 0.665. The Balaban J connectivity index is 1.04. The Morgan fingerprint density at radius 3 is 1.40 bits per heavy atom. The second kappa shape index (κ2) is 12.6. The van der Waals surface area contributed by atoms with Gasteiger partial charge in [0.15, 0.2) is 11.4 Å². The van der Waals surface area contributed by atoms with Crippen molar-refractivity contribution in [3.05, 3.63) is 194 Å². The van der Waals surface area contributed by atoms with Crippen molar-refractivity contribution in [3.8, 4) is 56.0 Å². The second-order valence-electron chi connectivity index (χ2n) is 14.1. The first-order valence-corrected chi connectivity index (χ1v) is 18.6. The molecule has 0 atom stereocenters. The standard InChI is InChI=1S/C52H32N2O/c1-3-12-33(13-4-1)34-22-24-36(25-23-34)52-53-49(35-14-5-2-6-15-35)51-50(54-52)47-32-40(27-29-48(47)55-51)38-17-11-16-37(30-38)39-26-28-45-43-20-8-7-18-41(43)42-19-9-10-21-44(42)46(45)31-39/h1-32H. The lowest BCUT2D eigenvalue weighted by Crippen LogP contribution is -1.94. The van der Waals surface area contributed by atoms with Gasteiger partial charge in [-0.05, 0) is 90.0 Å². The molecular weight excluding hydrogens is 669 g/mol. The van der Waals surface area contributed by atoms with Gasteiger partial charge in [0.2, 0.25) is 0 Å². The van der Waals surface area contributed by atoms with Crippen LogP contribution in [0.25, 0.3) is 110 Å². The number of hydrogen-bond donors (Lipinski definition) is 0. The van der Waals surface area contributed by atoms with Gasteiger partial charge in [0.05, 0.1) is 0 Å². The number of aromatic nitrogens is 2. The van der Waals surface area contributed by atoms with Crippen LogP contribution in [0.5, 0.6) is 0 Å². The fourth-order valence-corrected chi connectivity index (χ4v) is 8.15. The number of fused-ring (bicyclic) bond motifs is 9. The zero-order valence-electron chi connectivity index (χ0n) is 29.8. The van der Waals surface area contributed by atoms with Crippen molar-refractivity contribution in [3.63, 3.8) is 0 Å². The van der Waals surface area contributed by atoms with Crippen molar-refractivity contribution in [1.29, 1.82) is 0 Å². The topological polar surface area (TPSA) is 38.9 Å². The van der Waals surface area contributed by atoms with Crippen LogP contribution in [0.4, 0.5) is 0 Å². The molecule has 2 heterocycles. The third-order valence-corrected chi connectivity index (χ3v) is 10.9. The Morgan fingerprint density at radius 1 is 0.291 bits per heavy atom. The highest BCUT2D eigenvalue weighted by atomic mass is 16.3. The molecule has 0 aliphatic rings.